The Balaban J connectivity index is 2.01. The van der Waals surface area contributed by atoms with Gasteiger partial charge in [-0.25, -0.2) is 4.79 Å². The normalized spacial score (nSPS) is 11.3. The standard InChI is InChI=1S/C13H14Cl2N4OS/c1-13(2,3)10-18-19-12(21-10)17-11(20)16-7-4-5-8(14)9(15)6-7/h4-6H,1-3H3,(H2,16,17,19,20). The first kappa shape index (κ1) is 16.0. The lowest BCUT2D eigenvalue weighted by molar-refractivity contribution is 0.262. The van der Waals surface area contributed by atoms with E-state index in [0.717, 1.165) is 5.01 Å². The molecule has 2 aromatic rings. The molecule has 0 atom stereocenters. The summed E-state index contributed by atoms with van der Waals surface area (Å²) < 4.78 is 0. The van der Waals surface area contributed by atoms with E-state index in [0.29, 0.717) is 20.9 Å². The lowest BCUT2D eigenvalue weighted by atomic mass is 9.98. The van der Waals surface area contributed by atoms with Crippen LogP contribution in [-0.4, -0.2) is 16.2 Å². The molecule has 112 valence electrons. The Morgan fingerprint density at radius 1 is 1.14 bits per heavy atom. The van der Waals surface area contributed by atoms with Crippen molar-refractivity contribution in [3.05, 3.63) is 33.3 Å². The predicted octanol–water partition coefficient (Wildman–Crippen LogP) is 4.79. The van der Waals surface area contributed by atoms with Gasteiger partial charge in [-0.1, -0.05) is 55.3 Å². The second kappa shape index (κ2) is 6.17. The van der Waals surface area contributed by atoms with E-state index in [1.807, 2.05) is 20.8 Å². The molecule has 0 aliphatic rings. The third-order valence-electron chi connectivity index (χ3n) is 2.46. The number of hydrogen-bond donors (Lipinski definition) is 2. The Kier molecular flexibility index (Phi) is 4.70. The Hall–Kier alpha value is -1.37. The van der Waals surface area contributed by atoms with Crippen LogP contribution in [0.2, 0.25) is 10.0 Å². The fourth-order valence-electron chi connectivity index (χ4n) is 1.41. The monoisotopic (exact) mass is 344 g/mol. The van der Waals surface area contributed by atoms with Crippen LogP contribution in [0, 0.1) is 0 Å². The minimum Gasteiger partial charge on any atom is -0.308 e. The van der Waals surface area contributed by atoms with Gasteiger partial charge in [-0.3, -0.25) is 5.32 Å². The van der Waals surface area contributed by atoms with Gasteiger partial charge in [0.05, 0.1) is 10.0 Å². The molecule has 5 nitrogen and oxygen atoms in total. The topological polar surface area (TPSA) is 66.9 Å². The number of carbonyl (C=O) groups excluding carboxylic acids is 1. The highest BCUT2D eigenvalue weighted by atomic mass is 35.5. The number of amides is 2. The van der Waals surface area contributed by atoms with Crippen molar-refractivity contribution >= 4 is 51.4 Å². The van der Waals surface area contributed by atoms with E-state index < -0.39 is 6.03 Å². The minimum absolute atomic E-state index is 0.0994. The summed E-state index contributed by atoms with van der Waals surface area (Å²) in [4.78, 5) is 11.9. The van der Waals surface area contributed by atoms with Gasteiger partial charge in [-0.15, -0.1) is 10.2 Å². The Morgan fingerprint density at radius 3 is 2.43 bits per heavy atom. The maximum Gasteiger partial charge on any atom is 0.325 e. The third kappa shape index (κ3) is 4.30. The molecule has 0 saturated carbocycles. The average Bonchev–Trinajstić information content (AvgIpc) is 2.82. The van der Waals surface area contributed by atoms with Crippen LogP contribution < -0.4 is 10.6 Å². The van der Waals surface area contributed by atoms with E-state index in [1.54, 1.807) is 18.2 Å². The van der Waals surface area contributed by atoms with E-state index >= 15 is 0 Å². The summed E-state index contributed by atoms with van der Waals surface area (Å²) in [6.07, 6.45) is 0. The van der Waals surface area contributed by atoms with Crippen molar-refractivity contribution in [1.82, 2.24) is 10.2 Å². The molecule has 0 unspecified atom stereocenters. The van der Waals surface area contributed by atoms with Crippen LogP contribution >= 0.6 is 34.5 Å². The van der Waals surface area contributed by atoms with Crippen molar-refractivity contribution in [3.8, 4) is 0 Å². The van der Waals surface area contributed by atoms with Crippen LogP contribution in [0.1, 0.15) is 25.8 Å². The van der Waals surface area contributed by atoms with E-state index in [9.17, 15) is 4.79 Å². The molecule has 8 heteroatoms. The molecular weight excluding hydrogens is 331 g/mol. The molecule has 0 fully saturated rings. The zero-order valence-electron chi connectivity index (χ0n) is 11.7. The number of halogens is 2. The van der Waals surface area contributed by atoms with Gasteiger partial charge in [0.25, 0.3) is 0 Å². The third-order valence-corrected chi connectivity index (χ3v) is 4.47. The lowest BCUT2D eigenvalue weighted by Crippen LogP contribution is -2.19. The number of carbonyl (C=O) groups is 1. The predicted molar refractivity (Wildman–Crippen MR) is 87.7 cm³/mol. The number of nitrogens with one attached hydrogen (secondary N) is 2. The maximum absolute atomic E-state index is 11.9. The summed E-state index contributed by atoms with van der Waals surface area (Å²) in [5.41, 5.74) is 0.445. The molecule has 1 aromatic carbocycles. The molecule has 0 aliphatic carbocycles. The van der Waals surface area contributed by atoms with Gasteiger partial charge in [0.2, 0.25) is 5.13 Å². The van der Waals surface area contributed by atoms with Gasteiger partial charge < -0.3 is 5.32 Å². The summed E-state index contributed by atoms with van der Waals surface area (Å²) in [7, 11) is 0. The van der Waals surface area contributed by atoms with Crippen LogP contribution in [0.25, 0.3) is 0 Å². The molecule has 0 saturated heterocycles. The van der Waals surface area contributed by atoms with Crippen molar-refractivity contribution in [2.24, 2.45) is 0 Å². The molecule has 0 radical (unpaired) electrons. The van der Waals surface area contributed by atoms with Crippen molar-refractivity contribution in [2.45, 2.75) is 26.2 Å². The highest BCUT2D eigenvalue weighted by Gasteiger charge is 2.20. The van der Waals surface area contributed by atoms with Gasteiger partial charge in [-0.2, -0.15) is 0 Å². The van der Waals surface area contributed by atoms with Crippen LogP contribution in [0.5, 0.6) is 0 Å². The van der Waals surface area contributed by atoms with Crippen LogP contribution in [0.15, 0.2) is 18.2 Å². The van der Waals surface area contributed by atoms with Gasteiger partial charge >= 0.3 is 6.03 Å². The fraction of sp³-hybridized carbons (Fsp3) is 0.308. The van der Waals surface area contributed by atoms with Crippen molar-refractivity contribution in [2.75, 3.05) is 10.6 Å². The maximum atomic E-state index is 11.9. The molecule has 2 N–H and O–H groups in total. The minimum atomic E-state index is -0.412. The molecule has 1 aromatic heterocycles. The van der Waals surface area contributed by atoms with Crippen LogP contribution in [0.3, 0.4) is 0 Å². The first-order valence-electron chi connectivity index (χ1n) is 6.13. The molecule has 21 heavy (non-hydrogen) atoms. The molecular formula is C13H14Cl2N4OS. The van der Waals surface area contributed by atoms with Crippen molar-refractivity contribution < 1.29 is 4.79 Å². The highest BCUT2D eigenvalue weighted by Crippen LogP contribution is 2.28. The molecule has 0 bridgehead atoms. The van der Waals surface area contributed by atoms with Gasteiger partial charge in [0.1, 0.15) is 5.01 Å². The Labute approximate surface area is 136 Å². The Bertz CT molecular complexity index is 666. The van der Waals surface area contributed by atoms with Crippen LogP contribution in [-0.2, 0) is 5.41 Å². The first-order valence-corrected chi connectivity index (χ1v) is 7.70. The first-order chi connectivity index (χ1) is 9.75. The molecule has 2 rings (SSSR count). The van der Waals surface area contributed by atoms with E-state index in [2.05, 4.69) is 20.8 Å². The largest absolute Gasteiger partial charge is 0.325 e. The van der Waals surface area contributed by atoms with E-state index in [4.69, 9.17) is 23.2 Å². The van der Waals surface area contributed by atoms with E-state index in [1.165, 1.54) is 11.3 Å². The summed E-state index contributed by atoms with van der Waals surface area (Å²) >= 11 is 13.0. The number of rotatable bonds is 2. The molecule has 0 spiro atoms. The van der Waals surface area contributed by atoms with Crippen molar-refractivity contribution in [1.29, 1.82) is 0 Å². The number of anilines is 2. The zero-order valence-corrected chi connectivity index (χ0v) is 14.0. The SMILES string of the molecule is CC(C)(C)c1nnc(NC(=O)Nc2ccc(Cl)c(Cl)c2)s1. The van der Waals surface area contributed by atoms with Crippen LogP contribution in [0.4, 0.5) is 15.6 Å². The quantitative estimate of drug-likeness (QED) is 0.823. The molecule has 2 amide bonds. The smallest absolute Gasteiger partial charge is 0.308 e. The lowest BCUT2D eigenvalue weighted by Gasteiger charge is -2.12. The second-order valence-electron chi connectivity index (χ2n) is 5.37. The summed E-state index contributed by atoms with van der Waals surface area (Å²) in [5.74, 6) is 0. The van der Waals surface area contributed by atoms with Crippen molar-refractivity contribution in [3.63, 3.8) is 0 Å². The number of hydrogen-bond acceptors (Lipinski definition) is 4. The number of urea groups is 1. The van der Waals surface area contributed by atoms with Gasteiger partial charge in [0, 0.05) is 11.1 Å². The fourth-order valence-corrected chi connectivity index (χ4v) is 2.50. The summed E-state index contributed by atoms with van der Waals surface area (Å²) in [5, 5.41) is 15.4. The summed E-state index contributed by atoms with van der Waals surface area (Å²) in [6.45, 7) is 6.10. The van der Waals surface area contributed by atoms with Gasteiger partial charge in [0.15, 0.2) is 0 Å². The number of nitrogens with zero attached hydrogens (tertiary/aromatic N) is 2. The number of benzene rings is 1. The zero-order chi connectivity index (χ0) is 15.6. The molecule has 1 heterocycles. The highest BCUT2D eigenvalue weighted by molar-refractivity contribution is 7.15. The van der Waals surface area contributed by atoms with Gasteiger partial charge in [-0.05, 0) is 18.2 Å². The molecule has 0 aliphatic heterocycles. The Morgan fingerprint density at radius 2 is 1.86 bits per heavy atom. The summed E-state index contributed by atoms with van der Waals surface area (Å²) in [6, 6.07) is 4.44. The number of aromatic nitrogens is 2. The van der Waals surface area contributed by atoms with E-state index in [-0.39, 0.29) is 5.41 Å². The average molecular weight is 345 g/mol. The second-order valence-corrected chi connectivity index (χ2v) is 7.16.